The fourth-order valence-corrected chi connectivity index (χ4v) is 2.25. The molecule has 1 aliphatic rings. The van der Waals surface area contributed by atoms with E-state index in [2.05, 4.69) is 0 Å². The molecule has 1 amide bonds. The number of rotatable bonds is 2. The topological polar surface area (TPSA) is 38.8 Å². The van der Waals surface area contributed by atoms with Gasteiger partial charge in [-0.05, 0) is 6.42 Å². The Kier molecular flexibility index (Phi) is 2.96. The van der Waals surface area contributed by atoms with Gasteiger partial charge >= 0.3 is 0 Å². The second kappa shape index (κ2) is 4.28. The molecule has 0 aromatic heterocycles. The highest BCUT2D eigenvalue weighted by atomic mass is 16.5. The van der Waals surface area contributed by atoms with Crippen molar-refractivity contribution in [2.24, 2.45) is 5.92 Å². The van der Waals surface area contributed by atoms with Gasteiger partial charge in [-0.1, -0.05) is 6.92 Å². The third-order valence-corrected chi connectivity index (χ3v) is 3.24. The predicted molar refractivity (Wildman–Crippen MR) is 65.8 cm³/mol. The van der Waals surface area contributed by atoms with E-state index in [0.717, 1.165) is 17.0 Å². The van der Waals surface area contributed by atoms with Crippen molar-refractivity contribution < 1.29 is 14.3 Å². The molecule has 0 saturated carbocycles. The fraction of sp³-hybridized carbons (Fsp3) is 0.462. The van der Waals surface area contributed by atoms with E-state index in [1.165, 1.54) is 0 Å². The Labute approximate surface area is 101 Å². The van der Waals surface area contributed by atoms with Crippen molar-refractivity contribution in [2.75, 3.05) is 26.2 Å². The third kappa shape index (κ3) is 1.84. The average Bonchev–Trinajstić information content (AvgIpc) is 2.35. The standard InChI is InChI=1S/C13H17NO3/c1-8-5-10-11(14(2)13(8)15)6-9(16-3)7-12(10)17-4/h6-8H,5H2,1-4H3. The summed E-state index contributed by atoms with van der Waals surface area (Å²) in [6.07, 6.45) is 0.714. The molecule has 1 heterocycles. The number of nitrogens with zero attached hydrogens (tertiary/aromatic N) is 1. The van der Waals surface area contributed by atoms with E-state index in [4.69, 9.17) is 9.47 Å². The van der Waals surface area contributed by atoms with Crippen molar-refractivity contribution >= 4 is 11.6 Å². The molecule has 1 aromatic rings. The summed E-state index contributed by atoms with van der Waals surface area (Å²) in [5, 5.41) is 0. The first-order valence-corrected chi connectivity index (χ1v) is 5.61. The molecule has 0 spiro atoms. The second-order valence-electron chi connectivity index (χ2n) is 4.33. The van der Waals surface area contributed by atoms with Crippen molar-refractivity contribution in [3.05, 3.63) is 17.7 Å². The molecular weight excluding hydrogens is 218 g/mol. The molecule has 4 heteroatoms. The molecule has 1 unspecified atom stereocenters. The SMILES string of the molecule is COc1cc(OC)c2c(c1)N(C)C(=O)C(C)C2. The lowest BCUT2D eigenvalue weighted by atomic mass is 9.92. The number of carbonyl (C=O) groups excluding carboxylic acids is 1. The number of anilines is 1. The molecule has 1 atom stereocenters. The number of benzene rings is 1. The Morgan fingerprint density at radius 3 is 2.59 bits per heavy atom. The van der Waals surface area contributed by atoms with Crippen LogP contribution in [-0.4, -0.2) is 27.2 Å². The maximum Gasteiger partial charge on any atom is 0.229 e. The Morgan fingerprint density at radius 1 is 1.29 bits per heavy atom. The molecule has 1 aromatic carbocycles. The molecule has 92 valence electrons. The van der Waals surface area contributed by atoms with Crippen LogP contribution in [-0.2, 0) is 11.2 Å². The summed E-state index contributed by atoms with van der Waals surface area (Å²) in [7, 11) is 5.03. The Hall–Kier alpha value is -1.71. The maximum atomic E-state index is 11.9. The highest BCUT2D eigenvalue weighted by Crippen LogP contribution is 2.39. The van der Waals surface area contributed by atoms with Crippen LogP contribution in [0.15, 0.2) is 12.1 Å². The van der Waals surface area contributed by atoms with Crippen LogP contribution in [0.3, 0.4) is 0 Å². The highest BCUT2D eigenvalue weighted by molar-refractivity contribution is 5.98. The van der Waals surface area contributed by atoms with E-state index >= 15 is 0 Å². The zero-order chi connectivity index (χ0) is 12.6. The van der Waals surface area contributed by atoms with E-state index in [1.54, 1.807) is 26.2 Å². The number of ether oxygens (including phenoxy) is 2. The van der Waals surface area contributed by atoms with Gasteiger partial charge in [-0.15, -0.1) is 0 Å². The number of hydrogen-bond donors (Lipinski definition) is 0. The smallest absolute Gasteiger partial charge is 0.229 e. The van der Waals surface area contributed by atoms with E-state index in [1.807, 2.05) is 19.1 Å². The van der Waals surface area contributed by atoms with Crippen LogP contribution in [0.25, 0.3) is 0 Å². The number of fused-ring (bicyclic) bond motifs is 1. The number of hydrogen-bond acceptors (Lipinski definition) is 3. The summed E-state index contributed by atoms with van der Waals surface area (Å²) >= 11 is 0. The van der Waals surface area contributed by atoms with Gasteiger partial charge in [-0.2, -0.15) is 0 Å². The molecule has 0 N–H and O–H groups in total. The Bertz CT molecular complexity index is 456. The lowest BCUT2D eigenvalue weighted by Crippen LogP contribution is -2.37. The molecule has 0 bridgehead atoms. The van der Waals surface area contributed by atoms with Gasteiger partial charge in [0.2, 0.25) is 5.91 Å². The van der Waals surface area contributed by atoms with Crippen molar-refractivity contribution in [1.82, 2.24) is 0 Å². The summed E-state index contributed by atoms with van der Waals surface area (Å²) < 4.78 is 10.6. The van der Waals surface area contributed by atoms with Gasteiger partial charge in [0.15, 0.2) is 0 Å². The molecule has 0 saturated heterocycles. The molecule has 0 aliphatic carbocycles. The Morgan fingerprint density at radius 2 is 2.00 bits per heavy atom. The summed E-state index contributed by atoms with van der Waals surface area (Å²) in [5.74, 6) is 1.61. The van der Waals surface area contributed by atoms with E-state index < -0.39 is 0 Å². The summed E-state index contributed by atoms with van der Waals surface area (Å²) in [6, 6.07) is 3.73. The monoisotopic (exact) mass is 235 g/mol. The van der Waals surface area contributed by atoms with E-state index in [-0.39, 0.29) is 11.8 Å². The first-order chi connectivity index (χ1) is 8.08. The van der Waals surface area contributed by atoms with Crippen LogP contribution < -0.4 is 14.4 Å². The van der Waals surface area contributed by atoms with Gasteiger partial charge in [0.1, 0.15) is 11.5 Å². The average molecular weight is 235 g/mol. The molecule has 0 fully saturated rings. The summed E-state index contributed by atoms with van der Waals surface area (Å²) in [4.78, 5) is 13.6. The van der Waals surface area contributed by atoms with Crippen molar-refractivity contribution in [3.8, 4) is 11.5 Å². The van der Waals surface area contributed by atoms with E-state index in [9.17, 15) is 4.79 Å². The first-order valence-electron chi connectivity index (χ1n) is 5.61. The van der Waals surface area contributed by atoms with Gasteiger partial charge in [0.25, 0.3) is 0 Å². The molecule has 2 rings (SSSR count). The lowest BCUT2D eigenvalue weighted by molar-refractivity contribution is -0.121. The van der Waals surface area contributed by atoms with Crippen molar-refractivity contribution in [1.29, 1.82) is 0 Å². The van der Waals surface area contributed by atoms with Gasteiger partial charge in [-0.3, -0.25) is 4.79 Å². The molecule has 4 nitrogen and oxygen atoms in total. The molecule has 1 aliphatic heterocycles. The summed E-state index contributed by atoms with van der Waals surface area (Å²) in [6.45, 7) is 1.94. The van der Waals surface area contributed by atoms with Crippen LogP contribution in [0.4, 0.5) is 5.69 Å². The second-order valence-corrected chi connectivity index (χ2v) is 4.33. The van der Waals surface area contributed by atoms with Crippen molar-refractivity contribution in [2.45, 2.75) is 13.3 Å². The largest absolute Gasteiger partial charge is 0.497 e. The van der Waals surface area contributed by atoms with E-state index in [0.29, 0.717) is 12.2 Å². The van der Waals surface area contributed by atoms with Crippen LogP contribution in [0.5, 0.6) is 11.5 Å². The lowest BCUT2D eigenvalue weighted by Gasteiger charge is -2.31. The van der Waals surface area contributed by atoms with Crippen LogP contribution in [0, 0.1) is 5.92 Å². The zero-order valence-electron chi connectivity index (χ0n) is 10.6. The van der Waals surface area contributed by atoms with Crippen molar-refractivity contribution in [3.63, 3.8) is 0 Å². The zero-order valence-corrected chi connectivity index (χ0v) is 10.6. The normalized spacial score (nSPS) is 18.9. The third-order valence-electron chi connectivity index (χ3n) is 3.24. The maximum absolute atomic E-state index is 11.9. The van der Waals surface area contributed by atoms with Gasteiger partial charge in [-0.25, -0.2) is 0 Å². The summed E-state index contributed by atoms with van der Waals surface area (Å²) in [5.41, 5.74) is 1.95. The minimum Gasteiger partial charge on any atom is -0.497 e. The first kappa shape index (κ1) is 11.8. The highest BCUT2D eigenvalue weighted by Gasteiger charge is 2.30. The molecular formula is C13H17NO3. The number of methoxy groups -OCH3 is 2. The van der Waals surface area contributed by atoms with Crippen LogP contribution in [0.2, 0.25) is 0 Å². The minimum absolute atomic E-state index is 0.00482. The predicted octanol–water partition coefficient (Wildman–Crippen LogP) is 1.86. The fourth-order valence-electron chi connectivity index (χ4n) is 2.25. The van der Waals surface area contributed by atoms with Gasteiger partial charge in [0.05, 0.1) is 19.9 Å². The van der Waals surface area contributed by atoms with Gasteiger partial charge in [0, 0.05) is 30.7 Å². The minimum atomic E-state index is -0.00482. The number of carbonyl (C=O) groups is 1. The Balaban J connectivity index is 2.58. The van der Waals surface area contributed by atoms with Crippen LogP contribution >= 0.6 is 0 Å². The quantitative estimate of drug-likeness (QED) is 0.785. The van der Waals surface area contributed by atoms with Gasteiger partial charge < -0.3 is 14.4 Å². The van der Waals surface area contributed by atoms with Crippen LogP contribution in [0.1, 0.15) is 12.5 Å². The number of amides is 1. The molecule has 17 heavy (non-hydrogen) atoms. The molecule has 0 radical (unpaired) electrons.